The smallest absolute Gasteiger partial charge is 0.174 e. The summed E-state index contributed by atoms with van der Waals surface area (Å²) in [6.45, 7) is 3.18. The minimum absolute atomic E-state index is 0.160. The molecule has 180 valence electrons. The lowest BCUT2D eigenvalue weighted by Gasteiger charge is -2.38. The summed E-state index contributed by atoms with van der Waals surface area (Å²) in [6, 6.07) is 17.2. The third-order valence-electron chi connectivity index (χ3n) is 6.93. The summed E-state index contributed by atoms with van der Waals surface area (Å²) in [5.41, 5.74) is 4.84. The van der Waals surface area contributed by atoms with E-state index in [4.69, 9.17) is 17.2 Å². The number of hydrogen-bond donors (Lipinski definition) is 2. The molecule has 0 spiro atoms. The van der Waals surface area contributed by atoms with E-state index in [1.165, 1.54) is 49.7 Å². The summed E-state index contributed by atoms with van der Waals surface area (Å²) in [4.78, 5) is 6.95. The van der Waals surface area contributed by atoms with Crippen molar-refractivity contribution in [3.8, 4) is 0 Å². The molecule has 34 heavy (non-hydrogen) atoms. The zero-order valence-electron chi connectivity index (χ0n) is 20.3. The average Bonchev–Trinajstić information content (AvgIpc) is 2.86. The molecule has 1 unspecified atom stereocenters. The highest BCUT2D eigenvalue weighted by Crippen LogP contribution is 2.28. The molecule has 5 heteroatoms. The summed E-state index contributed by atoms with van der Waals surface area (Å²) in [5, 5.41) is 16.2. The van der Waals surface area contributed by atoms with Gasteiger partial charge >= 0.3 is 0 Å². The number of unbranched alkanes of at least 4 members (excludes halogenated alkanes) is 5. The van der Waals surface area contributed by atoms with Crippen molar-refractivity contribution >= 4 is 33.8 Å². The van der Waals surface area contributed by atoms with Gasteiger partial charge in [0.2, 0.25) is 0 Å². The molecule has 4 nitrogen and oxygen atoms in total. The number of aliphatic hydroxyl groups excluding tert-OH is 1. The average molecular weight is 476 g/mol. The molecule has 1 aliphatic rings. The lowest BCUT2D eigenvalue weighted by Crippen LogP contribution is -2.46. The van der Waals surface area contributed by atoms with Gasteiger partial charge in [0, 0.05) is 47.5 Å². The standard InChI is InChI=1S/C29H37N3OS/c1-2-3-4-5-6-7-14-25-19-27-23(20-30-25)13-10-15-28(27)31-29(34)32-21-24-12-9-8-11-22(24)18-26(32)16-17-33/h8-13,15,19-20,26,33H,2-7,14,16-18,21H2,1H3,(H,31,34). The van der Waals surface area contributed by atoms with Gasteiger partial charge in [-0.25, -0.2) is 0 Å². The molecule has 0 saturated heterocycles. The van der Waals surface area contributed by atoms with Gasteiger partial charge in [0.25, 0.3) is 0 Å². The maximum Gasteiger partial charge on any atom is 0.174 e. The van der Waals surface area contributed by atoms with Crippen LogP contribution in [0, 0.1) is 0 Å². The molecule has 1 aromatic heterocycles. The second kappa shape index (κ2) is 12.3. The van der Waals surface area contributed by atoms with E-state index in [-0.39, 0.29) is 12.6 Å². The third kappa shape index (κ3) is 6.13. The Balaban J connectivity index is 1.47. The third-order valence-corrected chi connectivity index (χ3v) is 7.26. The van der Waals surface area contributed by atoms with E-state index >= 15 is 0 Å². The number of nitrogens with zero attached hydrogens (tertiary/aromatic N) is 2. The van der Waals surface area contributed by atoms with Gasteiger partial charge in [0.15, 0.2) is 5.11 Å². The monoisotopic (exact) mass is 475 g/mol. The van der Waals surface area contributed by atoms with Crippen molar-refractivity contribution in [3.63, 3.8) is 0 Å². The quantitative estimate of drug-likeness (QED) is 0.254. The first kappa shape index (κ1) is 24.6. The minimum atomic E-state index is 0.160. The normalized spacial score (nSPS) is 15.4. The molecule has 2 heterocycles. The van der Waals surface area contributed by atoms with Gasteiger partial charge < -0.3 is 15.3 Å². The first-order valence-electron chi connectivity index (χ1n) is 12.8. The lowest BCUT2D eigenvalue weighted by atomic mass is 9.93. The fourth-order valence-corrected chi connectivity index (χ4v) is 5.29. The lowest BCUT2D eigenvalue weighted by molar-refractivity contribution is 0.207. The Kier molecular flexibility index (Phi) is 8.89. The van der Waals surface area contributed by atoms with Crippen LogP contribution in [-0.2, 0) is 19.4 Å². The van der Waals surface area contributed by atoms with Crippen molar-refractivity contribution in [1.29, 1.82) is 0 Å². The summed E-state index contributed by atoms with van der Waals surface area (Å²) in [5.74, 6) is 0. The molecule has 0 fully saturated rings. The zero-order chi connectivity index (χ0) is 23.8. The molecule has 0 bridgehead atoms. The molecule has 4 rings (SSSR count). The Labute approximate surface area is 209 Å². The SMILES string of the molecule is CCCCCCCCc1cc2c(NC(=S)N3Cc4ccccc4CC3CCO)cccc2cn1. The van der Waals surface area contributed by atoms with Gasteiger partial charge in [-0.3, -0.25) is 4.98 Å². The Hall–Kier alpha value is -2.50. The van der Waals surface area contributed by atoms with Crippen molar-refractivity contribution in [2.75, 3.05) is 11.9 Å². The van der Waals surface area contributed by atoms with Crippen LogP contribution < -0.4 is 5.32 Å². The van der Waals surface area contributed by atoms with Crippen LogP contribution in [0.2, 0.25) is 0 Å². The van der Waals surface area contributed by atoms with Crippen molar-refractivity contribution in [1.82, 2.24) is 9.88 Å². The molecule has 2 N–H and O–H groups in total. The molecule has 0 radical (unpaired) electrons. The second-order valence-electron chi connectivity index (χ2n) is 9.42. The van der Waals surface area contributed by atoms with E-state index in [9.17, 15) is 5.11 Å². The minimum Gasteiger partial charge on any atom is -0.396 e. The number of thiocarbonyl (C=S) groups is 1. The summed E-state index contributed by atoms with van der Waals surface area (Å²) in [6.07, 6.45) is 12.3. The number of rotatable bonds is 10. The molecule has 1 atom stereocenters. The summed E-state index contributed by atoms with van der Waals surface area (Å²) >= 11 is 5.91. The molecule has 0 aliphatic carbocycles. The van der Waals surface area contributed by atoms with E-state index in [0.29, 0.717) is 6.42 Å². The predicted molar refractivity (Wildman–Crippen MR) is 146 cm³/mol. The predicted octanol–water partition coefficient (Wildman–Crippen LogP) is 6.64. The Morgan fingerprint density at radius 3 is 2.68 bits per heavy atom. The maximum atomic E-state index is 9.66. The van der Waals surface area contributed by atoms with Gasteiger partial charge in [0.05, 0.1) is 0 Å². The van der Waals surface area contributed by atoms with Gasteiger partial charge in [-0.05, 0) is 61.2 Å². The van der Waals surface area contributed by atoms with Crippen LogP contribution in [-0.4, -0.2) is 32.8 Å². The van der Waals surface area contributed by atoms with Crippen LogP contribution in [0.5, 0.6) is 0 Å². The fraction of sp³-hybridized carbons (Fsp3) is 0.448. The molecule has 0 amide bonds. The number of nitrogens with one attached hydrogen (secondary N) is 1. The zero-order valence-corrected chi connectivity index (χ0v) is 21.1. The fourth-order valence-electron chi connectivity index (χ4n) is 4.96. The number of benzene rings is 2. The van der Waals surface area contributed by atoms with Crippen LogP contribution in [0.15, 0.2) is 54.7 Å². The number of pyridine rings is 1. The van der Waals surface area contributed by atoms with Crippen LogP contribution >= 0.6 is 12.2 Å². The second-order valence-corrected chi connectivity index (χ2v) is 9.80. The maximum absolute atomic E-state index is 9.66. The Morgan fingerprint density at radius 2 is 1.85 bits per heavy atom. The van der Waals surface area contributed by atoms with Crippen molar-refractivity contribution in [2.24, 2.45) is 0 Å². The topological polar surface area (TPSA) is 48.4 Å². The van der Waals surface area contributed by atoms with Crippen LogP contribution in [0.25, 0.3) is 10.8 Å². The molecular formula is C29H37N3OS. The van der Waals surface area contributed by atoms with E-state index in [2.05, 4.69) is 65.7 Å². The van der Waals surface area contributed by atoms with E-state index < -0.39 is 0 Å². The highest BCUT2D eigenvalue weighted by Gasteiger charge is 2.27. The number of fused-ring (bicyclic) bond motifs is 2. The van der Waals surface area contributed by atoms with Crippen molar-refractivity contribution in [3.05, 3.63) is 71.5 Å². The highest BCUT2D eigenvalue weighted by molar-refractivity contribution is 7.80. The largest absolute Gasteiger partial charge is 0.396 e. The van der Waals surface area contributed by atoms with Gasteiger partial charge in [-0.15, -0.1) is 0 Å². The molecule has 3 aromatic rings. The van der Waals surface area contributed by atoms with E-state index in [1.54, 1.807) is 0 Å². The molecule has 1 aliphatic heterocycles. The number of aromatic nitrogens is 1. The van der Waals surface area contributed by atoms with Crippen LogP contribution in [0.3, 0.4) is 0 Å². The number of aliphatic hydroxyl groups is 1. The summed E-state index contributed by atoms with van der Waals surface area (Å²) in [7, 11) is 0. The highest BCUT2D eigenvalue weighted by atomic mass is 32.1. The number of anilines is 1. The van der Waals surface area contributed by atoms with Gasteiger partial charge in [0.1, 0.15) is 0 Å². The first-order chi connectivity index (χ1) is 16.7. The van der Waals surface area contributed by atoms with Crippen LogP contribution in [0.4, 0.5) is 5.69 Å². The van der Waals surface area contributed by atoms with Crippen LogP contribution in [0.1, 0.15) is 68.7 Å². The van der Waals surface area contributed by atoms with E-state index in [0.717, 1.165) is 46.7 Å². The molecular weight excluding hydrogens is 438 g/mol. The Morgan fingerprint density at radius 1 is 1.06 bits per heavy atom. The number of hydrogen-bond acceptors (Lipinski definition) is 3. The summed E-state index contributed by atoms with van der Waals surface area (Å²) < 4.78 is 0. The first-order valence-corrected chi connectivity index (χ1v) is 13.2. The van der Waals surface area contributed by atoms with Crippen molar-refractivity contribution in [2.45, 2.75) is 77.3 Å². The van der Waals surface area contributed by atoms with E-state index in [1.807, 2.05) is 6.20 Å². The number of aryl methyl sites for hydroxylation is 1. The molecule has 0 saturated carbocycles. The van der Waals surface area contributed by atoms with Gasteiger partial charge in [-0.2, -0.15) is 0 Å². The Bertz CT molecular complexity index is 1100. The molecule has 2 aromatic carbocycles. The van der Waals surface area contributed by atoms with Gasteiger partial charge in [-0.1, -0.05) is 75.4 Å². The van der Waals surface area contributed by atoms with Crippen molar-refractivity contribution < 1.29 is 5.11 Å².